The van der Waals surface area contributed by atoms with Crippen LogP contribution in [-0.2, 0) is 6.42 Å². The first kappa shape index (κ1) is 9.20. The molecule has 0 saturated heterocycles. The van der Waals surface area contributed by atoms with Crippen molar-refractivity contribution in [3.63, 3.8) is 0 Å². The predicted octanol–water partition coefficient (Wildman–Crippen LogP) is 3.01. The standard InChI is InChI=1S/C13H14O/c1-9(2)11-8-7-10-5-3-4-6-12(10)13(11)14/h3-6,11H,1,7-8H2,2H3. The normalized spacial score (nSPS) is 20.4. The third-order valence-corrected chi connectivity index (χ3v) is 2.90. The zero-order chi connectivity index (χ0) is 10.1. The molecule has 14 heavy (non-hydrogen) atoms. The summed E-state index contributed by atoms with van der Waals surface area (Å²) in [6, 6.07) is 7.89. The second-order valence-corrected chi connectivity index (χ2v) is 3.96. The number of carbonyl (C=O) groups excluding carboxylic acids is 1. The largest absolute Gasteiger partial charge is 0.294 e. The van der Waals surface area contributed by atoms with Crippen LogP contribution >= 0.6 is 0 Å². The molecule has 0 radical (unpaired) electrons. The fraction of sp³-hybridized carbons (Fsp3) is 0.308. The zero-order valence-electron chi connectivity index (χ0n) is 8.42. The minimum atomic E-state index is 0.0462. The maximum absolute atomic E-state index is 12.0. The Balaban J connectivity index is 2.41. The SMILES string of the molecule is C=C(C)C1CCc2ccccc2C1=O. The van der Waals surface area contributed by atoms with Gasteiger partial charge < -0.3 is 0 Å². The van der Waals surface area contributed by atoms with Crippen LogP contribution in [0.5, 0.6) is 0 Å². The fourth-order valence-electron chi connectivity index (χ4n) is 2.07. The van der Waals surface area contributed by atoms with E-state index < -0.39 is 0 Å². The molecule has 0 aliphatic heterocycles. The van der Waals surface area contributed by atoms with E-state index in [0.717, 1.165) is 24.0 Å². The van der Waals surface area contributed by atoms with E-state index in [2.05, 4.69) is 6.58 Å². The highest BCUT2D eigenvalue weighted by atomic mass is 16.1. The lowest BCUT2D eigenvalue weighted by atomic mass is 9.80. The predicted molar refractivity (Wildman–Crippen MR) is 57.4 cm³/mol. The number of carbonyl (C=O) groups is 1. The number of aryl methyl sites for hydroxylation is 1. The van der Waals surface area contributed by atoms with Crippen molar-refractivity contribution in [1.29, 1.82) is 0 Å². The Morgan fingerprint density at radius 2 is 2.14 bits per heavy atom. The summed E-state index contributed by atoms with van der Waals surface area (Å²) in [4.78, 5) is 12.0. The molecule has 1 atom stereocenters. The van der Waals surface area contributed by atoms with Gasteiger partial charge in [-0.1, -0.05) is 36.4 Å². The van der Waals surface area contributed by atoms with Gasteiger partial charge in [-0.25, -0.2) is 0 Å². The number of benzene rings is 1. The summed E-state index contributed by atoms with van der Waals surface area (Å²) in [5.41, 5.74) is 3.08. The first-order chi connectivity index (χ1) is 6.70. The van der Waals surface area contributed by atoms with Crippen molar-refractivity contribution in [2.45, 2.75) is 19.8 Å². The summed E-state index contributed by atoms with van der Waals surface area (Å²) in [5.74, 6) is 0.296. The molecule has 0 N–H and O–H groups in total. The summed E-state index contributed by atoms with van der Waals surface area (Å²) in [6.45, 7) is 5.82. The molecule has 1 aromatic rings. The lowest BCUT2D eigenvalue weighted by Crippen LogP contribution is -2.22. The van der Waals surface area contributed by atoms with E-state index in [-0.39, 0.29) is 11.7 Å². The quantitative estimate of drug-likeness (QED) is 0.616. The molecule has 0 spiro atoms. The Morgan fingerprint density at radius 3 is 2.86 bits per heavy atom. The van der Waals surface area contributed by atoms with Gasteiger partial charge in [-0.3, -0.25) is 4.79 Å². The van der Waals surface area contributed by atoms with Crippen molar-refractivity contribution < 1.29 is 4.79 Å². The van der Waals surface area contributed by atoms with E-state index >= 15 is 0 Å². The molecule has 1 heteroatoms. The number of ketones is 1. The third kappa shape index (κ3) is 1.39. The van der Waals surface area contributed by atoms with Crippen LogP contribution < -0.4 is 0 Å². The Labute approximate surface area is 84.5 Å². The summed E-state index contributed by atoms with van der Waals surface area (Å²) in [6.07, 6.45) is 1.92. The number of Topliss-reactive ketones (excluding diaryl/α,β-unsaturated/α-hetero) is 1. The summed E-state index contributed by atoms with van der Waals surface area (Å²) in [7, 11) is 0. The smallest absolute Gasteiger partial charge is 0.170 e. The first-order valence-electron chi connectivity index (χ1n) is 4.97. The molecule has 2 rings (SSSR count). The summed E-state index contributed by atoms with van der Waals surface area (Å²) in [5, 5.41) is 0. The molecule has 1 unspecified atom stereocenters. The lowest BCUT2D eigenvalue weighted by molar-refractivity contribution is 0.0924. The van der Waals surface area contributed by atoms with Crippen molar-refractivity contribution in [2.24, 2.45) is 5.92 Å². The topological polar surface area (TPSA) is 17.1 Å². The van der Waals surface area contributed by atoms with Crippen molar-refractivity contribution in [1.82, 2.24) is 0 Å². The molecule has 0 bridgehead atoms. The maximum Gasteiger partial charge on any atom is 0.170 e. The van der Waals surface area contributed by atoms with Crippen molar-refractivity contribution in [3.05, 3.63) is 47.5 Å². The lowest BCUT2D eigenvalue weighted by Gasteiger charge is -2.23. The van der Waals surface area contributed by atoms with Crippen LogP contribution in [-0.4, -0.2) is 5.78 Å². The monoisotopic (exact) mass is 186 g/mol. The van der Waals surface area contributed by atoms with Crippen LogP contribution in [0.25, 0.3) is 0 Å². The van der Waals surface area contributed by atoms with Crippen LogP contribution in [0.15, 0.2) is 36.4 Å². The van der Waals surface area contributed by atoms with Gasteiger partial charge in [-0.15, -0.1) is 0 Å². The first-order valence-corrected chi connectivity index (χ1v) is 4.97. The Morgan fingerprint density at radius 1 is 1.43 bits per heavy atom. The zero-order valence-corrected chi connectivity index (χ0v) is 8.42. The molecule has 0 aromatic heterocycles. The molecular weight excluding hydrogens is 172 g/mol. The van der Waals surface area contributed by atoms with Crippen molar-refractivity contribution in [2.75, 3.05) is 0 Å². The second kappa shape index (κ2) is 3.41. The third-order valence-electron chi connectivity index (χ3n) is 2.90. The van der Waals surface area contributed by atoms with E-state index in [9.17, 15) is 4.79 Å². The van der Waals surface area contributed by atoms with E-state index in [4.69, 9.17) is 0 Å². The van der Waals surface area contributed by atoms with Gasteiger partial charge in [-0.2, -0.15) is 0 Å². The molecule has 1 aliphatic rings. The van der Waals surface area contributed by atoms with Gasteiger partial charge in [0.05, 0.1) is 0 Å². The minimum absolute atomic E-state index is 0.0462. The molecule has 1 aromatic carbocycles. The van der Waals surface area contributed by atoms with E-state index in [1.54, 1.807) is 0 Å². The van der Waals surface area contributed by atoms with Crippen molar-refractivity contribution in [3.8, 4) is 0 Å². The number of hydrogen-bond acceptors (Lipinski definition) is 1. The molecule has 1 nitrogen and oxygen atoms in total. The molecule has 0 saturated carbocycles. The van der Waals surface area contributed by atoms with Gasteiger partial charge in [0.15, 0.2) is 5.78 Å². The number of rotatable bonds is 1. The highest BCUT2D eigenvalue weighted by Gasteiger charge is 2.26. The van der Waals surface area contributed by atoms with Gasteiger partial charge in [0.25, 0.3) is 0 Å². The van der Waals surface area contributed by atoms with E-state index in [1.165, 1.54) is 5.56 Å². The fourth-order valence-corrected chi connectivity index (χ4v) is 2.07. The Hall–Kier alpha value is -1.37. The summed E-state index contributed by atoms with van der Waals surface area (Å²) < 4.78 is 0. The van der Waals surface area contributed by atoms with Gasteiger partial charge in [0.2, 0.25) is 0 Å². The maximum atomic E-state index is 12.0. The molecule has 0 fully saturated rings. The molecule has 0 heterocycles. The van der Waals surface area contributed by atoms with Crippen LogP contribution in [0.4, 0.5) is 0 Å². The van der Waals surface area contributed by atoms with E-state index in [0.29, 0.717) is 0 Å². The van der Waals surface area contributed by atoms with E-state index in [1.807, 2.05) is 31.2 Å². The second-order valence-electron chi connectivity index (χ2n) is 3.96. The number of fused-ring (bicyclic) bond motifs is 1. The summed E-state index contributed by atoms with van der Waals surface area (Å²) >= 11 is 0. The molecule has 1 aliphatic carbocycles. The van der Waals surface area contributed by atoms with Crippen LogP contribution in [0.1, 0.15) is 29.3 Å². The Kier molecular flexibility index (Phi) is 2.24. The Bertz CT molecular complexity index is 390. The molecule has 0 amide bonds. The van der Waals surface area contributed by atoms with Crippen LogP contribution in [0, 0.1) is 5.92 Å². The number of hydrogen-bond donors (Lipinski definition) is 0. The van der Waals surface area contributed by atoms with Gasteiger partial charge in [0.1, 0.15) is 0 Å². The van der Waals surface area contributed by atoms with Gasteiger partial charge in [0, 0.05) is 11.5 Å². The highest BCUT2D eigenvalue weighted by molar-refractivity contribution is 6.01. The number of allylic oxidation sites excluding steroid dienone is 1. The molecular formula is C13H14O. The van der Waals surface area contributed by atoms with Gasteiger partial charge in [-0.05, 0) is 25.3 Å². The average Bonchev–Trinajstić information content (AvgIpc) is 2.18. The highest BCUT2D eigenvalue weighted by Crippen LogP contribution is 2.28. The van der Waals surface area contributed by atoms with Crippen LogP contribution in [0.2, 0.25) is 0 Å². The molecule has 72 valence electrons. The van der Waals surface area contributed by atoms with Crippen LogP contribution in [0.3, 0.4) is 0 Å². The van der Waals surface area contributed by atoms with Gasteiger partial charge >= 0.3 is 0 Å². The van der Waals surface area contributed by atoms with Crippen molar-refractivity contribution >= 4 is 5.78 Å². The minimum Gasteiger partial charge on any atom is -0.294 e. The average molecular weight is 186 g/mol.